The standard InChI is InChI=1S/C24H20F4N4O2S/c1-2-3-7-17-13-15-31(18-8-6-9-19(16-18)35(33,34)24(26,27)28)30-23(17)22-12-14-29-32(22)21-11-5-4-10-20(21)25/h4-16H,2-3H2,1H3/b17-7+. The highest BCUT2D eigenvalue weighted by atomic mass is 32.2. The van der Waals surface area contributed by atoms with E-state index >= 15 is 0 Å². The quantitative estimate of drug-likeness (QED) is 0.400. The summed E-state index contributed by atoms with van der Waals surface area (Å²) in [7, 11) is -5.53. The Morgan fingerprint density at radius 3 is 2.54 bits per heavy atom. The number of sulfone groups is 1. The molecule has 0 radical (unpaired) electrons. The topological polar surface area (TPSA) is 67.6 Å². The maximum absolute atomic E-state index is 14.5. The molecule has 6 nitrogen and oxygen atoms in total. The first-order valence-corrected chi connectivity index (χ1v) is 12.1. The Bertz CT molecular complexity index is 1440. The van der Waals surface area contributed by atoms with Gasteiger partial charge in [0.1, 0.15) is 17.2 Å². The fraction of sp³-hybridized carbons (Fsp3) is 0.167. The van der Waals surface area contributed by atoms with Crippen LogP contribution in [0.3, 0.4) is 0 Å². The van der Waals surface area contributed by atoms with E-state index < -0.39 is 26.1 Å². The number of aromatic nitrogens is 2. The second kappa shape index (κ2) is 9.49. The molecule has 2 heterocycles. The molecule has 0 atom stereocenters. The van der Waals surface area contributed by atoms with Crippen LogP contribution in [0, 0.1) is 5.82 Å². The van der Waals surface area contributed by atoms with Crippen molar-refractivity contribution in [2.75, 3.05) is 5.01 Å². The van der Waals surface area contributed by atoms with Crippen LogP contribution in [0.15, 0.2) is 94.7 Å². The third-order valence-electron chi connectivity index (χ3n) is 5.19. The molecule has 0 aliphatic carbocycles. The molecule has 182 valence electrons. The summed E-state index contributed by atoms with van der Waals surface area (Å²) in [4.78, 5) is -0.892. The SMILES string of the molecule is CCC/C=C1\C=CN(c2cccc(S(=O)(=O)C(F)(F)F)c2)N=C1c1ccnn1-c1ccccc1F. The molecule has 3 aromatic rings. The minimum absolute atomic E-state index is 0.107. The van der Waals surface area contributed by atoms with Crippen molar-refractivity contribution in [2.45, 2.75) is 30.2 Å². The van der Waals surface area contributed by atoms with Crippen LogP contribution < -0.4 is 5.01 Å². The number of halogens is 4. The van der Waals surface area contributed by atoms with E-state index in [1.54, 1.807) is 30.3 Å². The van der Waals surface area contributed by atoms with Crippen molar-refractivity contribution in [1.82, 2.24) is 9.78 Å². The highest BCUT2D eigenvalue weighted by Crippen LogP contribution is 2.33. The van der Waals surface area contributed by atoms with Crippen LogP contribution in [0.2, 0.25) is 0 Å². The lowest BCUT2D eigenvalue weighted by atomic mass is 10.0. The number of unbranched alkanes of at least 4 members (excludes halogenated alkanes) is 1. The third kappa shape index (κ3) is 4.76. The lowest BCUT2D eigenvalue weighted by molar-refractivity contribution is -0.0436. The van der Waals surface area contributed by atoms with E-state index in [-0.39, 0.29) is 11.4 Å². The van der Waals surface area contributed by atoms with Gasteiger partial charge in [-0.2, -0.15) is 23.4 Å². The Morgan fingerprint density at radius 2 is 1.83 bits per heavy atom. The predicted octanol–water partition coefficient (Wildman–Crippen LogP) is 5.77. The maximum atomic E-state index is 14.5. The van der Waals surface area contributed by atoms with Crippen molar-refractivity contribution in [1.29, 1.82) is 0 Å². The Morgan fingerprint density at radius 1 is 1.06 bits per heavy atom. The van der Waals surface area contributed by atoms with Crippen LogP contribution in [0.1, 0.15) is 25.5 Å². The van der Waals surface area contributed by atoms with Crippen molar-refractivity contribution in [3.63, 3.8) is 0 Å². The first-order chi connectivity index (χ1) is 16.6. The zero-order chi connectivity index (χ0) is 25.2. The van der Waals surface area contributed by atoms with Gasteiger partial charge in [0.15, 0.2) is 0 Å². The van der Waals surface area contributed by atoms with Gasteiger partial charge in [-0.3, -0.25) is 0 Å². The number of nitrogens with zero attached hydrogens (tertiary/aromatic N) is 4. The van der Waals surface area contributed by atoms with Crippen LogP contribution in [-0.2, 0) is 9.84 Å². The number of hydrogen-bond donors (Lipinski definition) is 0. The fourth-order valence-corrected chi connectivity index (χ4v) is 4.26. The van der Waals surface area contributed by atoms with Crippen molar-refractivity contribution in [3.8, 4) is 5.69 Å². The van der Waals surface area contributed by atoms with E-state index in [1.807, 2.05) is 13.0 Å². The summed E-state index contributed by atoms with van der Waals surface area (Å²) < 4.78 is 78.8. The summed E-state index contributed by atoms with van der Waals surface area (Å²) >= 11 is 0. The van der Waals surface area contributed by atoms with Crippen molar-refractivity contribution in [3.05, 3.63) is 96.2 Å². The molecule has 0 saturated carbocycles. The Balaban J connectivity index is 1.82. The van der Waals surface area contributed by atoms with Crippen molar-refractivity contribution < 1.29 is 26.0 Å². The molecular weight excluding hydrogens is 484 g/mol. The number of hydrogen-bond acceptors (Lipinski definition) is 5. The van der Waals surface area contributed by atoms with E-state index in [9.17, 15) is 26.0 Å². The Kier molecular flexibility index (Phi) is 6.62. The zero-order valence-corrected chi connectivity index (χ0v) is 19.3. The summed E-state index contributed by atoms with van der Waals surface area (Å²) in [5.74, 6) is -0.495. The minimum atomic E-state index is -5.53. The molecule has 0 N–H and O–H groups in total. The largest absolute Gasteiger partial charge is 0.501 e. The van der Waals surface area contributed by atoms with Crippen molar-refractivity contribution >= 4 is 21.2 Å². The molecule has 0 saturated heterocycles. The highest BCUT2D eigenvalue weighted by Gasteiger charge is 2.47. The molecule has 35 heavy (non-hydrogen) atoms. The summed E-state index contributed by atoms with van der Waals surface area (Å²) in [5.41, 5.74) is -3.57. The van der Waals surface area contributed by atoms with Gasteiger partial charge in [0.25, 0.3) is 9.84 Å². The van der Waals surface area contributed by atoms with Gasteiger partial charge in [-0.1, -0.05) is 37.6 Å². The number of anilines is 1. The number of benzene rings is 2. The number of rotatable bonds is 6. The lowest BCUT2D eigenvalue weighted by Crippen LogP contribution is -2.24. The van der Waals surface area contributed by atoms with E-state index in [2.05, 4.69) is 10.2 Å². The van der Waals surface area contributed by atoms with E-state index in [4.69, 9.17) is 0 Å². The summed E-state index contributed by atoms with van der Waals surface area (Å²) in [5, 5.41) is 10.1. The van der Waals surface area contributed by atoms with Crippen molar-refractivity contribution in [2.24, 2.45) is 5.10 Å². The van der Waals surface area contributed by atoms with Gasteiger partial charge in [0.2, 0.25) is 0 Å². The molecule has 0 unspecified atom stereocenters. The predicted molar refractivity (Wildman–Crippen MR) is 124 cm³/mol. The minimum Gasteiger partial charge on any atom is -0.240 e. The van der Waals surface area contributed by atoms with Gasteiger partial charge in [0.05, 0.1) is 22.5 Å². The molecule has 1 aliphatic rings. The number of hydrazone groups is 1. The summed E-state index contributed by atoms with van der Waals surface area (Å²) in [6.45, 7) is 2.00. The average Bonchev–Trinajstić information content (AvgIpc) is 3.32. The Hall–Kier alpha value is -3.73. The first kappa shape index (κ1) is 24.4. The van der Waals surface area contributed by atoms with Crippen LogP contribution >= 0.6 is 0 Å². The van der Waals surface area contributed by atoms with Gasteiger partial charge in [-0.05, 0) is 48.9 Å². The van der Waals surface area contributed by atoms with Crippen LogP contribution in [-0.4, -0.2) is 29.4 Å². The number of para-hydroxylation sites is 1. The molecule has 1 aliphatic heterocycles. The number of alkyl halides is 3. The second-order valence-electron chi connectivity index (χ2n) is 7.58. The normalized spacial score (nSPS) is 15.5. The van der Waals surface area contributed by atoms with Gasteiger partial charge in [0, 0.05) is 11.8 Å². The van der Waals surface area contributed by atoms with Crippen LogP contribution in [0.5, 0.6) is 0 Å². The molecule has 11 heteroatoms. The Labute approximate surface area is 199 Å². The first-order valence-electron chi connectivity index (χ1n) is 10.6. The van der Waals surface area contributed by atoms with Crippen LogP contribution in [0.25, 0.3) is 5.69 Å². The number of allylic oxidation sites excluding steroid dienone is 3. The molecule has 0 bridgehead atoms. The summed E-state index contributed by atoms with van der Waals surface area (Å²) in [6.07, 6.45) is 8.25. The zero-order valence-electron chi connectivity index (χ0n) is 18.4. The van der Waals surface area contributed by atoms with Gasteiger partial charge < -0.3 is 0 Å². The van der Waals surface area contributed by atoms with Gasteiger partial charge >= 0.3 is 5.51 Å². The molecule has 2 aromatic carbocycles. The van der Waals surface area contributed by atoms with E-state index in [0.29, 0.717) is 17.0 Å². The summed E-state index contributed by atoms with van der Waals surface area (Å²) in [6, 6.07) is 12.2. The van der Waals surface area contributed by atoms with E-state index in [0.717, 1.165) is 25.0 Å². The fourth-order valence-electron chi connectivity index (χ4n) is 3.46. The second-order valence-corrected chi connectivity index (χ2v) is 9.52. The molecule has 0 spiro atoms. The third-order valence-corrected chi connectivity index (χ3v) is 6.68. The van der Waals surface area contributed by atoms with E-state index in [1.165, 1.54) is 40.3 Å². The average molecular weight is 505 g/mol. The highest BCUT2D eigenvalue weighted by molar-refractivity contribution is 7.92. The molecular formula is C24H20F4N4O2S. The van der Waals surface area contributed by atoms with Crippen LogP contribution in [0.4, 0.5) is 23.2 Å². The van der Waals surface area contributed by atoms with Gasteiger partial charge in [-0.25, -0.2) is 22.5 Å². The maximum Gasteiger partial charge on any atom is 0.501 e. The molecule has 0 fully saturated rings. The molecule has 1 aromatic heterocycles. The van der Waals surface area contributed by atoms with Gasteiger partial charge in [-0.15, -0.1) is 0 Å². The molecule has 4 rings (SSSR count). The molecule has 0 amide bonds. The monoisotopic (exact) mass is 504 g/mol. The lowest BCUT2D eigenvalue weighted by Gasteiger charge is -2.23. The smallest absolute Gasteiger partial charge is 0.240 e.